The number of carbonyl (C=O) groups excluding carboxylic acids is 1. The van der Waals surface area contributed by atoms with Gasteiger partial charge in [0.05, 0.1) is 5.75 Å². The second kappa shape index (κ2) is 7.81. The van der Waals surface area contributed by atoms with Crippen LogP contribution in [0.2, 0.25) is 0 Å². The molecule has 0 aromatic heterocycles. The van der Waals surface area contributed by atoms with Gasteiger partial charge in [0.15, 0.2) is 5.78 Å². The maximum absolute atomic E-state index is 12.3. The van der Waals surface area contributed by atoms with E-state index in [0.29, 0.717) is 11.7 Å². The minimum atomic E-state index is 0.188. The number of Topliss-reactive ketones (excluding diaryl/α,β-unsaturated/α-hetero) is 1. The van der Waals surface area contributed by atoms with E-state index in [2.05, 4.69) is 35.8 Å². The van der Waals surface area contributed by atoms with E-state index in [1.54, 1.807) is 11.8 Å². The molecule has 0 aliphatic rings. The number of benzene rings is 2. The first-order valence-corrected chi connectivity index (χ1v) is 8.83. The van der Waals surface area contributed by atoms with Crippen molar-refractivity contribution in [2.75, 3.05) is 5.75 Å². The minimum absolute atomic E-state index is 0.188. The first-order chi connectivity index (χ1) is 10.0. The van der Waals surface area contributed by atoms with Crippen molar-refractivity contribution in [1.29, 1.82) is 0 Å². The molecule has 0 atom stereocenters. The van der Waals surface area contributed by atoms with Crippen molar-refractivity contribution < 1.29 is 4.79 Å². The molecular weight excluding hydrogens is 344 g/mol. The molecule has 0 N–H and O–H groups in total. The molecule has 0 spiro atoms. The van der Waals surface area contributed by atoms with Crippen LogP contribution in [0.4, 0.5) is 0 Å². The van der Waals surface area contributed by atoms with E-state index >= 15 is 0 Å². The third-order valence-electron chi connectivity index (χ3n) is 3.08. The van der Waals surface area contributed by atoms with Gasteiger partial charge < -0.3 is 0 Å². The van der Waals surface area contributed by atoms with E-state index in [1.165, 1.54) is 5.56 Å². The SMILES string of the molecule is CC(C)Cc1cccc(C(=O)CSc2ccc(Br)cc2)c1. The summed E-state index contributed by atoms with van der Waals surface area (Å²) in [5, 5.41) is 0. The summed E-state index contributed by atoms with van der Waals surface area (Å²) in [7, 11) is 0. The number of rotatable bonds is 6. The Balaban J connectivity index is 1.98. The van der Waals surface area contributed by atoms with Crippen LogP contribution in [0, 0.1) is 5.92 Å². The zero-order chi connectivity index (χ0) is 15.2. The third kappa shape index (κ3) is 5.33. The molecule has 0 saturated carbocycles. The van der Waals surface area contributed by atoms with E-state index in [4.69, 9.17) is 0 Å². The lowest BCUT2D eigenvalue weighted by Gasteiger charge is -2.07. The van der Waals surface area contributed by atoms with Gasteiger partial charge in [0.2, 0.25) is 0 Å². The predicted molar refractivity (Wildman–Crippen MR) is 94.2 cm³/mol. The third-order valence-corrected chi connectivity index (χ3v) is 4.62. The Morgan fingerprint density at radius 1 is 1.14 bits per heavy atom. The van der Waals surface area contributed by atoms with Crippen molar-refractivity contribution in [3.63, 3.8) is 0 Å². The van der Waals surface area contributed by atoms with Crippen molar-refractivity contribution in [2.24, 2.45) is 5.92 Å². The van der Waals surface area contributed by atoms with Gasteiger partial charge >= 0.3 is 0 Å². The number of carbonyl (C=O) groups is 1. The molecule has 2 rings (SSSR count). The summed E-state index contributed by atoms with van der Waals surface area (Å²) in [6.45, 7) is 4.38. The van der Waals surface area contributed by atoms with Crippen LogP contribution in [-0.2, 0) is 6.42 Å². The predicted octanol–water partition coefficient (Wildman–Crippen LogP) is 5.62. The lowest BCUT2D eigenvalue weighted by molar-refractivity contribution is 0.102. The molecule has 110 valence electrons. The highest BCUT2D eigenvalue weighted by molar-refractivity contribution is 9.10. The molecule has 0 heterocycles. The average Bonchev–Trinajstić information content (AvgIpc) is 2.46. The van der Waals surface area contributed by atoms with Gasteiger partial charge in [-0.3, -0.25) is 4.79 Å². The van der Waals surface area contributed by atoms with Crippen LogP contribution in [0.15, 0.2) is 57.9 Å². The van der Waals surface area contributed by atoms with E-state index < -0.39 is 0 Å². The van der Waals surface area contributed by atoms with Crippen LogP contribution >= 0.6 is 27.7 Å². The Kier molecular flexibility index (Phi) is 6.07. The van der Waals surface area contributed by atoms with E-state index in [1.807, 2.05) is 42.5 Å². The molecule has 0 unspecified atom stereocenters. The standard InChI is InChI=1S/C18H19BrOS/c1-13(2)10-14-4-3-5-15(11-14)18(20)12-21-17-8-6-16(19)7-9-17/h3-9,11,13H,10,12H2,1-2H3. The molecule has 0 aliphatic heterocycles. The quantitative estimate of drug-likeness (QED) is 0.489. The summed E-state index contributed by atoms with van der Waals surface area (Å²) in [5.41, 5.74) is 2.06. The summed E-state index contributed by atoms with van der Waals surface area (Å²) in [5.74, 6) is 1.27. The Hall–Kier alpha value is -1.06. The van der Waals surface area contributed by atoms with Crippen LogP contribution < -0.4 is 0 Å². The Morgan fingerprint density at radius 3 is 2.52 bits per heavy atom. The second-order valence-corrected chi connectivity index (χ2v) is 7.43. The maximum atomic E-state index is 12.3. The fourth-order valence-electron chi connectivity index (χ4n) is 2.11. The van der Waals surface area contributed by atoms with E-state index in [0.717, 1.165) is 21.4 Å². The molecule has 0 bridgehead atoms. The van der Waals surface area contributed by atoms with Crippen molar-refractivity contribution >= 4 is 33.5 Å². The van der Waals surface area contributed by atoms with Gasteiger partial charge in [-0.15, -0.1) is 11.8 Å². The highest BCUT2D eigenvalue weighted by Crippen LogP contribution is 2.22. The monoisotopic (exact) mass is 362 g/mol. The van der Waals surface area contributed by atoms with Gasteiger partial charge in [-0.25, -0.2) is 0 Å². The zero-order valence-corrected chi connectivity index (χ0v) is 14.7. The summed E-state index contributed by atoms with van der Waals surface area (Å²) >= 11 is 4.99. The molecule has 21 heavy (non-hydrogen) atoms. The first-order valence-electron chi connectivity index (χ1n) is 7.05. The van der Waals surface area contributed by atoms with Gasteiger partial charge in [-0.05, 0) is 48.2 Å². The van der Waals surface area contributed by atoms with Crippen molar-refractivity contribution in [1.82, 2.24) is 0 Å². The van der Waals surface area contributed by atoms with Gasteiger partial charge in [0.1, 0.15) is 0 Å². The minimum Gasteiger partial charge on any atom is -0.293 e. The summed E-state index contributed by atoms with van der Waals surface area (Å²) in [6.07, 6.45) is 1.01. The molecule has 0 amide bonds. The number of halogens is 1. The highest BCUT2D eigenvalue weighted by atomic mass is 79.9. The smallest absolute Gasteiger partial charge is 0.173 e. The first kappa shape index (κ1) is 16.3. The van der Waals surface area contributed by atoms with Crippen LogP contribution in [0.25, 0.3) is 0 Å². The lowest BCUT2D eigenvalue weighted by atomic mass is 10.00. The van der Waals surface area contributed by atoms with E-state index in [9.17, 15) is 4.79 Å². The summed E-state index contributed by atoms with van der Waals surface area (Å²) < 4.78 is 1.06. The fourth-order valence-corrected chi connectivity index (χ4v) is 3.16. The maximum Gasteiger partial charge on any atom is 0.173 e. The van der Waals surface area contributed by atoms with Gasteiger partial charge in [-0.1, -0.05) is 48.0 Å². The number of hydrogen-bond acceptors (Lipinski definition) is 2. The molecule has 0 radical (unpaired) electrons. The Bertz CT molecular complexity index is 605. The normalized spacial score (nSPS) is 10.9. The molecule has 0 saturated heterocycles. The molecule has 2 aromatic carbocycles. The van der Waals surface area contributed by atoms with Crippen LogP contribution in [-0.4, -0.2) is 11.5 Å². The summed E-state index contributed by atoms with van der Waals surface area (Å²) in [4.78, 5) is 13.4. The lowest BCUT2D eigenvalue weighted by Crippen LogP contribution is -2.04. The topological polar surface area (TPSA) is 17.1 Å². The van der Waals surface area contributed by atoms with Gasteiger partial charge in [-0.2, -0.15) is 0 Å². The second-order valence-electron chi connectivity index (χ2n) is 5.46. The molecule has 2 aromatic rings. The molecule has 1 nitrogen and oxygen atoms in total. The van der Waals surface area contributed by atoms with Crippen molar-refractivity contribution in [3.8, 4) is 0 Å². The molecule has 3 heteroatoms. The zero-order valence-electron chi connectivity index (χ0n) is 12.3. The Labute approximate surface area is 139 Å². The molecular formula is C18H19BrOS. The van der Waals surface area contributed by atoms with E-state index in [-0.39, 0.29) is 5.78 Å². The largest absolute Gasteiger partial charge is 0.293 e. The number of ketones is 1. The molecule has 0 aliphatic carbocycles. The van der Waals surface area contributed by atoms with Gasteiger partial charge in [0.25, 0.3) is 0 Å². The fraction of sp³-hybridized carbons (Fsp3) is 0.278. The summed E-state index contributed by atoms with van der Waals surface area (Å²) in [6, 6.07) is 16.1. The highest BCUT2D eigenvalue weighted by Gasteiger charge is 2.08. The van der Waals surface area contributed by atoms with Crippen LogP contribution in [0.1, 0.15) is 29.8 Å². The van der Waals surface area contributed by atoms with Crippen molar-refractivity contribution in [3.05, 3.63) is 64.1 Å². The molecule has 0 fully saturated rings. The number of hydrogen-bond donors (Lipinski definition) is 0. The van der Waals surface area contributed by atoms with Crippen molar-refractivity contribution in [2.45, 2.75) is 25.2 Å². The average molecular weight is 363 g/mol. The van der Waals surface area contributed by atoms with Crippen LogP contribution in [0.5, 0.6) is 0 Å². The van der Waals surface area contributed by atoms with Gasteiger partial charge in [0, 0.05) is 14.9 Å². The number of thioether (sulfide) groups is 1. The van der Waals surface area contributed by atoms with Crippen LogP contribution in [0.3, 0.4) is 0 Å². The Morgan fingerprint density at radius 2 is 1.86 bits per heavy atom.